The van der Waals surface area contributed by atoms with Gasteiger partial charge in [0.1, 0.15) is 12.7 Å². The minimum absolute atomic E-state index is 0.109. The van der Waals surface area contributed by atoms with E-state index in [4.69, 9.17) is 28.5 Å². The van der Waals surface area contributed by atoms with E-state index in [2.05, 4.69) is 59.4 Å². The van der Waals surface area contributed by atoms with Crippen LogP contribution in [-0.4, -0.2) is 82.6 Å². The van der Waals surface area contributed by atoms with Gasteiger partial charge in [0.05, 0.1) is 32.0 Å². The second-order valence-corrected chi connectivity index (χ2v) is 17.7. The number of hydrogen-bond donors (Lipinski definition) is 4. The van der Waals surface area contributed by atoms with Crippen molar-refractivity contribution < 1.29 is 66.3 Å². The number of epoxide rings is 1. The lowest BCUT2D eigenvalue weighted by molar-refractivity contribution is -0.161. The number of rotatable bonds is 40. The van der Waals surface area contributed by atoms with Gasteiger partial charge in [0.2, 0.25) is 0 Å². The van der Waals surface area contributed by atoms with Gasteiger partial charge in [-0.15, -0.1) is 0 Å². The smallest absolute Gasteiger partial charge is 0.462 e. The first-order chi connectivity index (χ1) is 27.8. The average Bonchev–Trinajstić information content (AvgIpc) is 3.94. The number of aliphatic hydroxyl groups is 1. The maximum Gasteiger partial charge on any atom is 0.472 e. The van der Waals surface area contributed by atoms with Crippen LogP contribution in [0.15, 0.2) is 36.5 Å². The van der Waals surface area contributed by atoms with Crippen LogP contribution in [0, 0.1) is 0 Å². The molecule has 5 atom stereocenters. The molecule has 1 saturated heterocycles. The molecule has 16 heteroatoms. The Morgan fingerprint density at radius 3 is 1.74 bits per heavy atom. The molecule has 0 aliphatic carbocycles. The fourth-order valence-electron chi connectivity index (χ4n) is 5.97. The Labute approximate surface area is 348 Å². The third-order valence-electron chi connectivity index (χ3n) is 9.42. The summed E-state index contributed by atoms with van der Waals surface area (Å²) in [4.78, 5) is 52.7. The van der Waals surface area contributed by atoms with Gasteiger partial charge in [0.15, 0.2) is 6.10 Å². The van der Waals surface area contributed by atoms with Crippen LogP contribution in [0.3, 0.4) is 0 Å². The van der Waals surface area contributed by atoms with E-state index >= 15 is 0 Å². The molecule has 3 unspecified atom stereocenters. The van der Waals surface area contributed by atoms with E-state index in [9.17, 15) is 28.7 Å². The fraction of sp³-hybridized carbons (Fsp3) is 0.810. The SMILES string of the molecule is CCCCC/C=C\C/C=C\CCCCCCCC(=O)O[C@H](COC(=O)CCCCCCC/C=C\CC1OC1CCCCC)COP(=O)(O)OC[C@@H](O)COP(=O)(O)O. The summed E-state index contributed by atoms with van der Waals surface area (Å²) in [7, 11) is -9.68. The molecule has 58 heavy (non-hydrogen) atoms. The number of esters is 2. The van der Waals surface area contributed by atoms with Crippen LogP contribution in [0.1, 0.15) is 168 Å². The van der Waals surface area contributed by atoms with E-state index in [1.165, 1.54) is 44.9 Å². The number of carbonyl (C=O) groups is 2. The van der Waals surface area contributed by atoms with Gasteiger partial charge in [0.25, 0.3) is 0 Å². The Morgan fingerprint density at radius 1 is 0.603 bits per heavy atom. The fourth-order valence-corrected chi connectivity index (χ4v) is 7.13. The predicted molar refractivity (Wildman–Crippen MR) is 225 cm³/mol. The maximum absolute atomic E-state index is 12.7. The number of aliphatic hydroxyl groups excluding tert-OH is 1. The predicted octanol–water partition coefficient (Wildman–Crippen LogP) is 9.88. The Bertz CT molecular complexity index is 1240. The number of ether oxygens (including phenoxy) is 3. The van der Waals surface area contributed by atoms with Gasteiger partial charge in [0, 0.05) is 12.8 Å². The Hall–Kier alpha value is -1.70. The van der Waals surface area contributed by atoms with Gasteiger partial charge >= 0.3 is 27.6 Å². The molecule has 0 aromatic rings. The summed E-state index contributed by atoms with van der Waals surface area (Å²) in [5.41, 5.74) is 0. The zero-order chi connectivity index (χ0) is 42.7. The number of phosphoric ester groups is 2. The summed E-state index contributed by atoms with van der Waals surface area (Å²) < 4.78 is 53.5. The molecule has 338 valence electrons. The highest BCUT2D eigenvalue weighted by molar-refractivity contribution is 7.47. The molecule has 0 spiro atoms. The first-order valence-electron chi connectivity index (χ1n) is 21.8. The highest BCUT2D eigenvalue weighted by atomic mass is 31.2. The van der Waals surface area contributed by atoms with Crippen LogP contribution in [0.4, 0.5) is 0 Å². The third-order valence-corrected chi connectivity index (χ3v) is 10.9. The van der Waals surface area contributed by atoms with Crippen molar-refractivity contribution in [3.05, 3.63) is 36.5 Å². The van der Waals surface area contributed by atoms with Crippen LogP contribution < -0.4 is 0 Å². The van der Waals surface area contributed by atoms with Crippen LogP contribution >= 0.6 is 15.6 Å². The molecule has 0 radical (unpaired) electrons. The van der Waals surface area contributed by atoms with Crippen LogP contribution in [0.25, 0.3) is 0 Å². The summed E-state index contributed by atoms with van der Waals surface area (Å²) in [6.45, 7) is 1.67. The lowest BCUT2D eigenvalue weighted by atomic mass is 10.1. The molecule has 1 aliphatic rings. The molecule has 0 bridgehead atoms. The maximum atomic E-state index is 12.7. The quantitative estimate of drug-likeness (QED) is 0.0149. The summed E-state index contributed by atoms with van der Waals surface area (Å²) in [5, 5.41) is 9.74. The van der Waals surface area contributed by atoms with Crippen molar-refractivity contribution in [2.24, 2.45) is 0 Å². The summed E-state index contributed by atoms with van der Waals surface area (Å²) in [6, 6.07) is 0. The van der Waals surface area contributed by atoms with Crippen molar-refractivity contribution in [3.63, 3.8) is 0 Å². The van der Waals surface area contributed by atoms with Crippen LogP contribution in [0.5, 0.6) is 0 Å². The molecular formula is C42H76O14P2. The van der Waals surface area contributed by atoms with Crippen molar-refractivity contribution in [1.29, 1.82) is 0 Å². The number of unbranched alkanes of at least 4 members (excludes halogenated alkanes) is 15. The van der Waals surface area contributed by atoms with Gasteiger partial charge < -0.3 is 34.0 Å². The van der Waals surface area contributed by atoms with Crippen molar-refractivity contribution in [1.82, 2.24) is 0 Å². The Balaban J connectivity index is 2.37. The third kappa shape index (κ3) is 35.1. The van der Waals surface area contributed by atoms with Gasteiger partial charge in [-0.05, 0) is 70.6 Å². The Morgan fingerprint density at radius 2 is 1.12 bits per heavy atom. The molecule has 1 rings (SSSR count). The molecule has 0 amide bonds. The second kappa shape index (κ2) is 35.0. The number of hydrogen-bond acceptors (Lipinski definition) is 11. The highest BCUT2D eigenvalue weighted by Gasteiger charge is 2.36. The summed E-state index contributed by atoms with van der Waals surface area (Å²) in [6.07, 6.45) is 34.5. The van der Waals surface area contributed by atoms with E-state index in [-0.39, 0.29) is 12.8 Å². The van der Waals surface area contributed by atoms with Crippen molar-refractivity contribution >= 4 is 27.6 Å². The van der Waals surface area contributed by atoms with Crippen molar-refractivity contribution in [2.75, 3.05) is 26.4 Å². The zero-order valence-corrected chi connectivity index (χ0v) is 37.1. The first kappa shape index (κ1) is 54.3. The summed E-state index contributed by atoms with van der Waals surface area (Å²) in [5.74, 6) is -1.07. The van der Waals surface area contributed by atoms with E-state index in [1.54, 1.807) is 0 Å². The number of carbonyl (C=O) groups excluding carboxylic acids is 2. The van der Waals surface area contributed by atoms with Gasteiger partial charge in [-0.25, -0.2) is 9.13 Å². The normalized spacial score (nSPS) is 17.9. The minimum Gasteiger partial charge on any atom is -0.462 e. The Kier molecular flexibility index (Phi) is 32.7. The van der Waals surface area contributed by atoms with Crippen molar-refractivity contribution in [3.8, 4) is 0 Å². The molecule has 1 aliphatic heterocycles. The van der Waals surface area contributed by atoms with Gasteiger partial charge in [-0.3, -0.25) is 23.2 Å². The topological polar surface area (TPSA) is 208 Å². The summed E-state index contributed by atoms with van der Waals surface area (Å²) >= 11 is 0. The molecule has 14 nitrogen and oxygen atoms in total. The first-order valence-corrected chi connectivity index (χ1v) is 24.8. The number of phosphoric acid groups is 2. The van der Waals surface area contributed by atoms with E-state index in [1.807, 2.05) is 0 Å². The van der Waals surface area contributed by atoms with E-state index < -0.39 is 66.2 Å². The molecule has 1 fully saturated rings. The van der Waals surface area contributed by atoms with E-state index in [0.29, 0.717) is 25.0 Å². The lowest BCUT2D eigenvalue weighted by Gasteiger charge is -2.20. The molecule has 1 heterocycles. The second-order valence-electron chi connectivity index (χ2n) is 15.0. The standard InChI is InChI=1S/C42H76O14P2/c1-3-5-7-8-9-10-11-12-13-14-15-16-21-24-28-32-42(45)55-38(36-54-58(49,50)53-34-37(43)33-52-57(46,47)48)35-51-41(44)31-27-23-20-18-17-19-22-26-30-40-39(56-40)29-25-6-4-2/h9-10,12-13,22,26,37-40,43H,3-8,11,14-21,23-25,27-36H2,1-2H3,(H,49,50)(H2,46,47,48)/b10-9-,13-12-,26-22-/t37-,38+,39?,40?/m0/s1. The monoisotopic (exact) mass is 866 g/mol. The minimum atomic E-state index is -4.87. The highest BCUT2D eigenvalue weighted by Crippen LogP contribution is 2.44. The molecule has 0 aromatic heterocycles. The average molecular weight is 867 g/mol. The van der Waals surface area contributed by atoms with Crippen LogP contribution in [0.2, 0.25) is 0 Å². The molecule has 0 saturated carbocycles. The van der Waals surface area contributed by atoms with Gasteiger partial charge in [-0.1, -0.05) is 121 Å². The van der Waals surface area contributed by atoms with E-state index in [0.717, 1.165) is 83.5 Å². The molecule has 0 aromatic carbocycles. The largest absolute Gasteiger partial charge is 0.472 e. The number of allylic oxidation sites excluding steroid dienone is 5. The van der Waals surface area contributed by atoms with Crippen molar-refractivity contribution in [2.45, 2.75) is 192 Å². The zero-order valence-electron chi connectivity index (χ0n) is 35.3. The molecular weight excluding hydrogens is 790 g/mol. The molecule has 4 N–H and O–H groups in total. The lowest BCUT2D eigenvalue weighted by Crippen LogP contribution is -2.30. The van der Waals surface area contributed by atoms with Crippen LogP contribution in [-0.2, 0) is 46.5 Å². The van der Waals surface area contributed by atoms with Gasteiger partial charge in [-0.2, -0.15) is 0 Å².